The Hall–Kier alpha value is -6.12. The molecule has 9 aromatic rings. The minimum absolute atomic E-state index is 0.877. The molecular formula is C44H29NO. The van der Waals surface area contributed by atoms with Crippen LogP contribution in [0, 0.1) is 0 Å². The Morgan fingerprint density at radius 3 is 1.80 bits per heavy atom. The topological polar surface area (TPSA) is 16.4 Å². The van der Waals surface area contributed by atoms with Gasteiger partial charge in [-0.05, 0) is 75.1 Å². The largest absolute Gasteiger partial charge is 0.456 e. The maximum Gasteiger partial charge on any atom is 0.135 e. The van der Waals surface area contributed by atoms with E-state index in [9.17, 15) is 0 Å². The summed E-state index contributed by atoms with van der Waals surface area (Å²) in [6.07, 6.45) is 0. The summed E-state index contributed by atoms with van der Waals surface area (Å²) >= 11 is 0. The SMILES string of the molecule is c1ccc(N(c2ccc(-c3cccc(-c4cc5ccccc5o4)c3)c3ccccc23)c2cc3ccccc3c3ccccc23)cc1. The predicted octanol–water partition coefficient (Wildman–Crippen LogP) is 12.7. The Labute approximate surface area is 267 Å². The number of anilines is 3. The van der Waals surface area contributed by atoms with Gasteiger partial charge in [0.25, 0.3) is 0 Å². The van der Waals surface area contributed by atoms with Crippen molar-refractivity contribution in [3.63, 3.8) is 0 Å². The van der Waals surface area contributed by atoms with E-state index in [0.29, 0.717) is 0 Å². The molecule has 46 heavy (non-hydrogen) atoms. The maximum absolute atomic E-state index is 6.24. The molecule has 0 radical (unpaired) electrons. The zero-order valence-electron chi connectivity index (χ0n) is 25.1. The Balaban J connectivity index is 1.26. The molecule has 1 aromatic heterocycles. The lowest BCUT2D eigenvalue weighted by Gasteiger charge is -2.29. The summed E-state index contributed by atoms with van der Waals surface area (Å²) in [5, 5.41) is 8.46. The van der Waals surface area contributed by atoms with Gasteiger partial charge in [-0.3, -0.25) is 0 Å². The van der Waals surface area contributed by atoms with Gasteiger partial charge >= 0.3 is 0 Å². The average molecular weight is 588 g/mol. The van der Waals surface area contributed by atoms with Gasteiger partial charge in [-0.15, -0.1) is 0 Å². The smallest absolute Gasteiger partial charge is 0.135 e. The second-order valence-corrected chi connectivity index (χ2v) is 11.7. The van der Waals surface area contributed by atoms with Gasteiger partial charge in [0.05, 0.1) is 11.4 Å². The van der Waals surface area contributed by atoms with Gasteiger partial charge in [0.2, 0.25) is 0 Å². The normalized spacial score (nSPS) is 11.5. The first-order chi connectivity index (χ1) is 22.8. The van der Waals surface area contributed by atoms with Crippen LogP contribution in [0.1, 0.15) is 0 Å². The zero-order valence-corrected chi connectivity index (χ0v) is 25.1. The standard InChI is InChI=1S/C44H29NO/c1-2-17-34(18-3-1)45(42-28-31-13-4-6-19-35(31)37-20-8-10-23-40(37)42)41-26-25-36(38-21-7-9-22-39(38)41)30-15-12-16-32(27-30)44-29-33-14-5-11-24-43(33)46-44/h1-29H. The van der Waals surface area contributed by atoms with Crippen LogP contribution in [-0.2, 0) is 0 Å². The van der Waals surface area contributed by atoms with Crippen molar-refractivity contribution in [2.24, 2.45) is 0 Å². The number of furan rings is 1. The molecule has 9 rings (SSSR count). The Bertz CT molecular complexity index is 2510. The molecule has 2 nitrogen and oxygen atoms in total. The summed E-state index contributed by atoms with van der Waals surface area (Å²) < 4.78 is 6.24. The first-order valence-electron chi connectivity index (χ1n) is 15.7. The minimum Gasteiger partial charge on any atom is -0.456 e. The molecule has 0 bridgehead atoms. The zero-order chi connectivity index (χ0) is 30.5. The van der Waals surface area contributed by atoms with Crippen molar-refractivity contribution in [2.75, 3.05) is 4.90 Å². The molecular weight excluding hydrogens is 558 g/mol. The van der Waals surface area contributed by atoms with Crippen LogP contribution in [0.3, 0.4) is 0 Å². The van der Waals surface area contributed by atoms with Crippen molar-refractivity contribution in [3.8, 4) is 22.5 Å². The van der Waals surface area contributed by atoms with Crippen LogP contribution in [0.4, 0.5) is 17.1 Å². The van der Waals surface area contributed by atoms with E-state index in [1.165, 1.54) is 37.9 Å². The second kappa shape index (κ2) is 10.8. The highest BCUT2D eigenvalue weighted by molar-refractivity contribution is 6.16. The lowest BCUT2D eigenvalue weighted by atomic mass is 9.94. The molecule has 0 atom stereocenters. The van der Waals surface area contributed by atoms with Crippen LogP contribution in [-0.4, -0.2) is 0 Å². The number of para-hydroxylation sites is 2. The van der Waals surface area contributed by atoms with Gasteiger partial charge in [0.15, 0.2) is 0 Å². The number of nitrogens with zero attached hydrogens (tertiary/aromatic N) is 1. The fourth-order valence-electron chi connectivity index (χ4n) is 6.90. The van der Waals surface area contributed by atoms with E-state index >= 15 is 0 Å². The number of fused-ring (bicyclic) bond motifs is 5. The van der Waals surface area contributed by atoms with Crippen molar-refractivity contribution in [2.45, 2.75) is 0 Å². The second-order valence-electron chi connectivity index (χ2n) is 11.7. The van der Waals surface area contributed by atoms with E-state index in [0.717, 1.165) is 44.9 Å². The number of hydrogen-bond acceptors (Lipinski definition) is 2. The summed E-state index contributed by atoms with van der Waals surface area (Å²) in [4.78, 5) is 2.42. The lowest BCUT2D eigenvalue weighted by molar-refractivity contribution is 0.631. The molecule has 0 aliphatic rings. The van der Waals surface area contributed by atoms with E-state index < -0.39 is 0 Å². The van der Waals surface area contributed by atoms with Crippen LogP contribution in [0.15, 0.2) is 180 Å². The summed E-state index contributed by atoms with van der Waals surface area (Å²) in [5.74, 6) is 0.877. The van der Waals surface area contributed by atoms with Gasteiger partial charge in [-0.25, -0.2) is 0 Å². The van der Waals surface area contributed by atoms with Gasteiger partial charge in [-0.2, -0.15) is 0 Å². The van der Waals surface area contributed by atoms with Crippen molar-refractivity contribution in [3.05, 3.63) is 176 Å². The van der Waals surface area contributed by atoms with Crippen LogP contribution >= 0.6 is 0 Å². The van der Waals surface area contributed by atoms with E-state index in [1.54, 1.807) is 0 Å². The van der Waals surface area contributed by atoms with Gasteiger partial charge in [0.1, 0.15) is 11.3 Å². The highest BCUT2D eigenvalue weighted by Gasteiger charge is 2.20. The highest BCUT2D eigenvalue weighted by atomic mass is 16.3. The van der Waals surface area contributed by atoms with Crippen molar-refractivity contribution < 1.29 is 4.42 Å². The fraction of sp³-hybridized carbons (Fsp3) is 0. The monoisotopic (exact) mass is 587 g/mol. The van der Waals surface area contributed by atoms with E-state index in [2.05, 4.69) is 163 Å². The lowest BCUT2D eigenvalue weighted by Crippen LogP contribution is -2.11. The maximum atomic E-state index is 6.24. The first-order valence-corrected chi connectivity index (χ1v) is 15.7. The summed E-state index contributed by atoms with van der Waals surface area (Å²) in [6, 6.07) is 62.8. The molecule has 8 aromatic carbocycles. The summed E-state index contributed by atoms with van der Waals surface area (Å²) in [6.45, 7) is 0. The first kappa shape index (κ1) is 26.3. The van der Waals surface area contributed by atoms with Crippen LogP contribution in [0.25, 0.3) is 65.7 Å². The molecule has 0 saturated heterocycles. The third-order valence-corrected chi connectivity index (χ3v) is 9.03. The minimum atomic E-state index is 0.877. The molecule has 0 aliphatic carbocycles. The average Bonchev–Trinajstić information content (AvgIpc) is 3.57. The summed E-state index contributed by atoms with van der Waals surface area (Å²) in [7, 11) is 0. The van der Waals surface area contributed by atoms with Crippen molar-refractivity contribution in [1.29, 1.82) is 0 Å². The van der Waals surface area contributed by atoms with Crippen LogP contribution < -0.4 is 4.90 Å². The van der Waals surface area contributed by atoms with E-state index in [-0.39, 0.29) is 0 Å². The molecule has 0 unspecified atom stereocenters. The third-order valence-electron chi connectivity index (χ3n) is 9.03. The molecule has 1 heterocycles. The highest BCUT2D eigenvalue weighted by Crippen LogP contribution is 2.46. The van der Waals surface area contributed by atoms with Crippen molar-refractivity contribution in [1.82, 2.24) is 0 Å². The molecule has 0 N–H and O–H groups in total. The third kappa shape index (κ3) is 4.35. The van der Waals surface area contributed by atoms with Crippen LogP contribution in [0.5, 0.6) is 0 Å². The van der Waals surface area contributed by atoms with Gasteiger partial charge in [-0.1, -0.05) is 133 Å². The molecule has 0 amide bonds. The fourth-order valence-corrected chi connectivity index (χ4v) is 6.90. The Morgan fingerprint density at radius 1 is 0.370 bits per heavy atom. The Kier molecular flexibility index (Phi) is 6.17. The molecule has 0 aliphatic heterocycles. The number of hydrogen-bond donors (Lipinski definition) is 0. The number of benzene rings is 8. The van der Waals surface area contributed by atoms with Crippen LogP contribution in [0.2, 0.25) is 0 Å². The predicted molar refractivity (Wildman–Crippen MR) is 194 cm³/mol. The molecule has 2 heteroatoms. The molecule has 216 valence electrons. The van der Waals surface area contributed by atoms with Crippen molar-refractivity contribution >= 4 is 60.3 Å². The molecule has 0 saturated carbocycles. The Morgan fingerprint density at radius 2 is 1.00 bits per heavy atom. The number of rotatable bonds is 5. The quantitative estimate of drug-likeness (QED) is 0.186. The van der Waals surface area contributed by atoms with Gasteiger partial charge < -0.3 is 9.32 Å². The van der Waals surface area contributed by atoms with E-state index in [4.69, 9.17) is 4.42 Å². The van der Waals surface area contributed by atoms with E-state index in [1.807, 2.05) is 18.2 Å². The molecule has 0 fully saturated rings. The van der Waals surface area contributed by atoms with Gasteiger partial charge in [0, 0.05) is 27.4 Å². The summed E-state index contributed by atoms with van der Waals surface area (Å²) in [5.41, 5.74) is 7.73. The molecule has 0 spiro atoms.